The molecule has 21 heavy (non-hydrogen) atoms. The zero-order valence-electron chi connectivity index (χ0n) is 13.1. The van der Waals surface area contributed by atoms with Gasteiger partial charge in [0.2, 0.25) is 5.91 Å². The molecular formula is C17H27N3O. The van der Waals surface area contributed by atoms with Crippen molar-refractivity contribution in [3.63, 3.8) is 0 Å². The molecule has 0 spiro atoms. The molecule has 4 heteroatoms. The summed E-state index contributed by atoms with van der Waals surface area (Å²) >= 11 is 0. The Kier molecular flexibility index (Phi) is 6.21. The molecule has 116 valence electrons. The van der Waals surface area contributed by atoms with Gasteiger partial charge in [-0.05, 0) is 38.9 Å². The minimum Gasteiger partial charge on any atom is -0.348 e. The van der Waals surface area contributed by atoms with Gasteiger partial charge in [0.05, 0.1) is 12.6 Å². The van der Waals surface area contributed by atoms with Crippen LogP contribution in [-0.2, 0) is 4.79 Å². The summed E-state index contributed by atoms with van der Waals surface area (Å²) in [5.41, 5.74) is 1.14. The molecular weight excluding hydrogens is 262 g/mol. The van der Waals surface area contributed by atoms with E-state index < -0.39 is 0 Å². The van der Waals surface area contributed by atoms with E-state index in [0.29, 0.717) is 12.6 Å². The average Bonchev–Trinajstić information content (AvgIpc) is 2.48. The zero-order chi connectivity index (χ0) is 15.1. The Morgan fingerprint density at radius 2 is 2.14 bits per heavy atom. The summed E-state index contributed by atoms with van der Waals surface area (Å²) in [5.74, 6) is 0.0877. The molecule has 1 aromatic rings. The molecule has 2 atom stereocenters. The minimum atomic E-state index is 0.0555. The summed E-state index contributed by atoms with van der Waals surface area (Å²) in [6.07, 6.45) is 3.78. The number of piperidine rings is 1. The van der Waals surface area contributed by atoms with Crippen LogP contribution in [0.25, 0.3) is 0 Å². The first-order chi connectivity index (χ1) is 10.1. The molecule has 2 N–H and O–H groups in total. The second-order valence-corrected chi connectivity index (χ2v) is 6.04. The Bertz CT molecular complexity index is 429. The molecule has 1 fully saturated rings. The standard InChI is InChI=1S/C17H27N3O/c1-14(15-8-4-3-5-9-15)19-17(21)13-20(2)12-16-10-6-7-11-18-16/h3-5,8-9,14,16,18H,6-7,10-13H2,1-2H3,(H,19,21). The van der Waals surface area contributed by atoms with E-state index in [1.165, 1.54) is 19.3 Å². The van der Waals surface area contributed by atoms with Gasteiger partial charge in [-0.3, -0.25) is 9.69 Å². The monoisotopic (exact) mass is 289 g/mol. The molecule has 1 saturated heterocycles. The van der Waals surface area contributed by atoms with Crippen LogP contribution in [0.4, 0.5) is 0 Å². The summed E-state index contributed by atoms with van der Waals surface area (Å²) in [6, 6.07) is 10.7. The Morgan fingerprint density at radius 3 is 2.81 bits per heavy atom. The molecule has 0 aromatic heterocycles. The van der Waals surface area contributed by atoms with Gasteiger partial charge in [0.1, 0.15) is 0 Å². The lowest BCUT2D eigenvalue weighted by Gasteiger charge is -2.28. The largest absolute Gasteiger partial charge is 0.348 e. The summed E-state index contributed by atoms with van der Waals surface area (Å²) in [5, 5.41) is 6.58. The van der Waals surface area contributed by atoms with E-state index in [2.05, 4.69) is 15.5 Å². The Balaban J connectivity index is 1.73. The molecule has 4 nitrogen and oxygen atoms in total. The van der Waals surface area contributed by atoms with Crippen molar-refractivity contribution in [2.75, 3.05) is 26.7 Å². The number of hydrogen-bond acceptors (Lipinski definition) is 3. The van der Waals surface area contributed by atoms with E-state index in [4.69, 9.17) is 0 Å². The first kappa shape index (κ1) is 16.0. The smallest absolute Gasteiger partial charge is 0.234 e. The maximum absolute atomic E-state index is 12.1. The van der Waals surface area contributed by atoms with Gasteiger partial charge in [0.25, 0.3) is 0 Å². The van der Waals surface area contributed by atoms with Gasteiger partial charge < -0.3 is 10.6 Å². The molecule has 1 aliphatic heterocycles. The number of hydrogen-bond donors (Lipinski definition) is 2. The molecule has 0 saturated carbocycles. The van der Waals surface area contributed by atoms with Crippen LogP contribution in [0.2, 0.25) is 0 Å². The van der Waals surface area contributed by atoms with Gasteiger partial charge in [0, 0.05) is 12.6 Å². The third-order valence-electron chi connectivity index (χ3n) is 4.04. The predicted molar refractivity (Wildman–Crippen MR) is 86.1 cm³/mol. The van der Waals surface area contributed by atoms with Crippen LogP contribution < -0.4 is 10.6 Å². The molecule has 0 radical (unpaired) electrons. The van der Waals surface area contributed by atoms with E-state index in [1.54, 1.807) is 0 Å². The number of nitrogens with one attached hydrogen (secondary N) is 2. The predicted octanol–water partition coefficient (Wildman–Crippen LogP) is 1.94. The molecule has 0 bridgehead atoms. The normalized spacial score (nSPS) is 20.2. The zero-order valence-corrected chi connectivity index (χ0v) is 13.1. The van der Waals surface area contributed by atoms with Gasteiger partial charge in [-0.1, -0.05) is 36.8 Å². The van der Waals surface area contributed by atoms with Gasteiger partial charge in [-0.2, -0.15) is 0 Å². The van der Waals surface area contributed by atoms with E-state index in [0.717, 1.165) is 18.7 Å². The van der Waals surface area contributed by atoms with Crippen molar-refractivity contribution in [2.24, 2.45) is 0 Å². The summed E-state index contributed by atoms with van der Waals surface area (Å²) in [6.45, 7) is 4.52. The third-order valence-corrected chi connectivity index (χ3v) is 4.04. The van der Waals surface area contributed by atoms with Gasteiger partial charge in [-0.25, -0.2) is 0 Å². The van der Waals surface area contributed by atoms with Crippen molar-refractivity contribution in [1.82, 2.24) is 15.5 Å². The van der Waals surface area contributed by atoms with E-state index in [1.807, 2.05) is 44.3 Å². The third kappa shape index (κ3) is 5.48. The summed E-state index contributed by atoms with van der Waals surface area (Å²) in [7, 11) is 2.02. The quantitative estimate of drug-likeness (QED) is 0.841. The van der Waals surface area contributed by atoms with Crippen molar-refractivity contribution in [3.05, 3.63) is 35.9 Å². The van der Waals surface area contributed by atoms with Crippen molar-refractivity contribution in [3.8, 4) is 0 Å². The second-order valence-electron chi connectivity index (χ2n) is 6.04. The number of carbonyl (C=O) groups excluding carboxylic acids is 1. The lowest BCUT2D eigenvalue weighted by atomic mass is 10.0. The Morgan fingerprint density at radius 1 is 1.38 bits per heavy atom. The summed E-state index contributed by atoms with van der Waals surface area (Å²) in [4.78, 5) is 14.2. The fraction of sp³-hybridized carbons (Fsp3) is 0.588. The fourth-order valence-corrected chi connectivity index (χ4v) is 2.88. The summed E-state index contributed by atoms with van der Waals surface area (Å²) < 4.78 is 0. The van der Waals surface area contributed by atoms with Crippen LogP contribution in [0.15, 0.2) is 30.3 Å². The van der Waals surface area contributed by atoms with Crippen LogP contribution in [-0.4, -0.2) is 43.5 Å². The van der Waals surface area contributed by atoms with Crippen molar-refractivity contribution < 1.29 is 4.79 Å². The molecule has 0 aliphatic carbocycles. The molecule has 1 heterocycles. The van der Waals surface area contributed by atoms with Crippen LogP contribution in [0, 0.1) is 0 Å². The number of rotatable bonds is 6. The lowest BCUT2D eigenvalue weighted by Crippen LogP contribution is -2.45. The first-order valence-electron chi connectivity index (χ1n) is 7.91. The van der Waals surface area contributed by atoms with Crippen LogP contribution in [0.5, 0.6) is 0 Å². The number of benzene rings is 1. The molecule has 2 unspecified atom stereocenters. The maximum Gasteiger partial charge on any atom is 0.234 e. The lowest BCUT2D eigenvalue weighted by molar-refractivity contribution is -0.122. The molecule has 1 amide bonds. The number of likely N-dealkylation sites (N-methyl/N-ethyl adjacent to an activating group) is 1. The molecule has 1 aromatic carbocycles. The van der Waals surface area contributed by atoms with Gasteiger partial charge in [-0.15, -0.1) is 0 Å². The molecule has 1 aliphatic rings. The SMILES string of the molecule is CC(NC(=O)CN(C)CC1CCCCN1)c1ccccc1. The Hall–Kier alpha value is -1.39. The highest BCUT2D eigenvalue weighted by Crippen LogP contribution is 2.11. The van der Waals surface area contributed by atoms with Crippen molar-refractivity contribution in [2.45, 2.75) is 38.3 Å². The van der Waals surface area contributed by atoms with Gasteiger partial charge >= 0.3 is 0 Å². The fourth-order valence-electron chi connectivity index (χ4n) is 2.88. The number of amides is 1. The molecule has 2 rings (SSSR count). The van der Waals surface area contributed by atoms with Gasteiger partial charge in [0.15, 0.2) is 0 Å². The van der Waals surface area contributed by atoms with Crippen LogP contribution >= 0.6 is 0 Å². The Labute approximate surface area is 127 Å². The maximum atomic E-state index is 12.1. The van der Waals surface area contributed by atoms with Crippen molar-refractivity contribution in [1.29, 1.82) is 0 Å². The van der Waals surface area contributed by atoms with E-state index in [-0.39, 0.29) is 11.9 Å². The topological polar surface area (TPSA) is 44.4 Å². The second kappa shape index (κ2) is 8.15. The highest BCUT2D eigenvalue weighted by molar-refractivity contribution is 5.78. The van der Waals surface area contributed by atoms with E-state index in [9.17, 15) is 4.79 Å². The first-order valence-corrected chi connectivity index (χ1v) is 7.91. The minimum absolute atomic E-state index is 0.0555. The van der Waals surface area contributed by atoms with E-state index >= 15 is 0 Å². The number of carbonyl (C=O) groups is 1. The number of nitrogens with zero attached hydrogens (tertiary/aromatic N) is 1. The van der Waals surface area contributed by atoms with Crippen LogP contribution in [0.1, 0.15) is 37.8 Å². The van der Waals surface area contributed by atoms with Crippen LogP contribution in [0.3, 0.4) is 0 Å². The highest BCUT2D eigenvalue weighted by atomic mass is 16.2. The average molecular weight is 289 g/mol. The van der Waals surface area contributed by atoms with Crippen molar-refractivity contribution >= 4 is 5.91 Å². The highest BCUT2D eigenvalue weighted by Gasteiger charge is 2.17.